The van der Waals surface area contributed by atoms with Crippen LogP contribution in [0.5, 0.6) is 0 Å². The van der Waals surface area contributed by atoms with Gasteiger partial charge in [0.05, 0.1) is 0 Å². The lowest BCUT2D eigenvalue weighted by Gasteiger charge is -2.11. The van der Waals surface area contributed by atoms with Crippen molar-refractivity contribution in [2.45, 2.75) is 0 Å². The van der Waals surface area contributed by atoms with Gasteiger partial charge >= 0.3 is 7.82 Å². The molecule has 14 heavy (non-hydrogen) atoms. The van der Waals surface area contributed by atoms with Gasteiger partial charge in [-0.3, -0.25) is 9.05 Å². The van der Waals surface area contributed by atoms with Gasteiger partial charge in [-0.05, 0) is 12.3 Å². The summed E-state index contributed by atoms with van der Waals surface area (Å²) in [6.07, 6.45) is 8.27. The van der Waals surface area contributed by atoms with Crippen molar-refractivity contribution in [3.8, 4) is 0 Å². The van der Waals surface area contributed by atoms with Crippen LogP contribution >= 0.6 is 7.82 Å². The molecule has 0 spiro atoms. The first kappa shape index (κ1) is 13.4. The zero-order valence-corrected chi connectivity index (χ0v) is 9.48. The lowest BCUT2D eigenvalue weighted by atomic mass is 10.4. The minimum atomic E-state index is -3.65. The number of nitrogens with zero attached hydrogens (tertiary/aromatic N) is 1. The van der Waals surface area contributed by atoms with Gasteiger partial charge in [-0.25, -0.2) is 4.57 Å². The van der Waals surface area contributed by atoms with E-state index in [0.717, 1.165) is 20.8 Å². The Balaban J connectivity index is 0.000000241. The van der Waals surface area contributed by atoms with E-state index in [2.05, 4.69) is 39.3 Å². The molecule has 0 aliphatic carbocycles. The molecule has 1 rings (SSSR count). The predicted octanol–water partition coefficient (Wildman–Crippen LogP) is 1.38. The van der Waals surface area contributed by atoms with Crippen molar-refractivity contribution in [2.75, 3.05) is 27.8 Å². The largest absolute Gasteiger partial charge is 0.471 e. The summed E-state index contributed by atoms with van der Waals surface area (Å²) in [5.74, 6) is 0. The molecule has 1 heterocycles. The molecule has 0 saturated heterocycles. The molecule has 0 aromatic rings. The Labute approximate surface area is 84.2 Å². The summed E-state index contributed by atoms with van der Waals surface area (Å²) in [6.45, 7) is 1.05. The Morgan fingerprint density at radius 1 is 1.36 bits per heavy atom. The monoisotopic (exact) mass is 221 g/mol. The molecule has 6 heteroatoms. The van der Waals surface area contributed by atoms with Crippen molar-refractivity contribution in [2.24, 2.45) is 0 Å². The van der Waals surface area contributed by atoms with Crippen molar-refractivity contribution in [1.29, 1.82) is 0 Å². The Kier molecular flexibility index (Phi) is 6.49. The van der Waals surface area contributed by atoms with Gasteiger partial charge < -0.3 is 9.79 Å². The second-order valence-corrected chi connectivity index (χ2v) is 4.21. The predicted molar refractivity (Wildman–Crippen MR) is 54.8 cm³/mol. The van der Waals surface area contributed by atoms with Gasteiger partial charge in [0, 0.05) is 27.8 Å². The maximum atomic E-state index is 10.1. The first-order valence-electron chi connectivity index (χ1n) is 3.99. The highest BCUT2D eigenvalue weighted by molar-refractivity contribution is 7.47. The van der Waals surface area contributed by atoms with E-state index in [4.69, 9.17) is 4.89 Å². The van der Waals surface area contributed by atoms with Crippen molar-refractivity contribution in [3.63, 3.8) is 0 Å². The fraction of sp³-hybridized carbons (Fsp3) is 0.500. The maximum Gasteiger partial charge on any atom is 0.471 e. The first-order chi connectivity index (χ1) is 6.52. The molecule has 0 fully saturated rings. The molecule has 1 aliphatic rings. The van der Waals surface area contributed by atoms with Gasteiger partial charge in [-0.1, -0.05) is 12.2 Å². The molecule has 0 aromatic heterocycles. The van der Waals surface area contributed by atoms with Crippen LogP contribution in [0.4, 0.5) is 0 Å². The van der Waals surface area contributed by atoms with Crippen LogP contribution in [-0.4, -0.2) is 37.6 Å². The summed E-state index contributed by atoms with van der Waals surface area (Å²) >= 11 is 0. The van der Waals surface area contributed by atoms with Crippen LogP contribution < -0.4 is 0 Å². The third-order valence-corrected chi connectivity index (χ3v) is 2.37. The first-order valence-corrected chi connectivity index (χ1v) is 5.49. The number of hydrogen-bond donors (Lipinski definition) is 1. The summed E-state index contributed by atoms with van der Waals surface area (Å²) in [7, 11) is 0.604. The van der Waals surface area contributed by atoms with Crippen LogP contribution in [0.3, 0.4) is 0 Å². The van der Waals surface area contributed by atoms with Gasteiger partial charge in [0.2, 0.25) is 0 Å². The van der Waals surface area contributed by atoms with Crippen molar-refractivity contribution < 1.29 is 18.5 Å². The van der Waals surface area contributed by atoms with Gasteiger partial charge in [0.1, 0.15) is 0 Å². The van der Waals surface area contributed by atoms with E-state index in [1.807, 2.05) is 6.08 Å². The van der Waals surface area contributed by atoms with Crippen LogP contribution in [0.15, 0.2) is 24.4 Å². The van der Waals surface area contributed by atoms with E-state index in [9.17, 15) is 4.57 Å². The molecule has 0 unspecified atom stereocenters. The number of rotatable bonds is 2. The zero-order chi connectivity index (χ0) is 11.0. The molecule has 0 saturated carbocycles. The molecule has 0 aromatic carbocycles. The van der Waals surface area contributed by atoms with Crippen molar-refractivity contribution in [1.82, 2.24) is 4.90 Å². The molecular formula is C8H16NO4P. The lowest BCUT2D eigenvalue weighted by Crippen LogP contribution is -2.11. The average Bonchev–Trinajstić information content (AvgIpc) is 2.20. The summed E-state index contributed by atoms with van der Waals surface area (Å²) in [5.41, 5.74) is 0. The minimum absolute atomic E-state index is 1.05. The second kappa shape index (κ2) is 6.79. The number of allylic oxidation sites excluding steroid dienone is 2. The van der Waals surface area contributed by atoms with Gasteiger partial charge in [-0.15, -0.1) is 0 Å². The summed E-state index contributed by atoms with van der Waals surface area (Å²) in [4.78, 5) is 10.4. The molecule has 0 bridgehead atoms. The summed E-state index contributed by atoms with van der Waals surface area (Å²) in [6, 6.07) is 0. The topological polar surface area (TPSA) is 59.0 Å². The summed E-state index contributed by atoms with van der Waals surface area (Å²) in [5, 5.41) is 0. The second-order valence-electron chi connectivity index (χ2n) is 2.54. The molecule has 1 aliphatic heterocycles. The number of phosphoric acid groups is 1. The summed E-state index contributed by atoms with van der Waals surface area (Å²) < 4.78 is 18.0. The quantitative estimate of drug-likeness (QED) is 0.714. The number of hydrogen-bond acceptors (Lipinski definition) is 4. The van der Waals surface area contributed by atoms with E-state index in [0.29, 0.717) is 0 Å². The fourth-order valence-electron chi connectivity index (χ4n) is 0.638. The van der Waals surface area contributed by atoms with E-state index in [-0.39, 0.29) is 0 Å². The Hall–Kier alpha value is -0.610. The Morgan fingerprint density at radius 2 is 1.93 bits per heavy atom. The Bertz CT molecular complexity index is 244. The third kappa shape index (κ3) is 6.86. The average molecular weight is 221 g/mol. The van der Waals surface area contributed by atoms with E-state index < -0.39 is 7.82 Å². The van der Waals surface area contributed by atoms with Gasteiger partial charge in [0.25, 0.3) is 0 Å². The molecule has 82 valence electrons. The van der Waals surface area contributed by atoms with E-state index in [1.54, 1.807) is 0 Å². The third-order valence-electron chi connectivity index (χ3n) is 1.44. The van der Waals surface area contributed by atoms with E-state index in [1.165, 1.54) is 0 Å². The van der Waals surface area contributed by atoms with E-state index >= 15 is 0 Å². The lowest BCUT2D eigenvalue weighted by molar-refractivity contribution is 0.204. The van der Waals surface area contributed by atoms with Crippen molar-refractivity contribution >= 4 is 7.82 Å². The molecule has 5 nitrogen and oxygen atoms in total. The SMILES string of the molecule is CN1C=CC=CC1.COP(=O)(O)OC. The Morgan fingerprint density at radius 3 is 2.07 bits per heavy atom. The molecule has 0 atom stereocenters. The molecule has 0 amide bonds. The highest BCUT2D eigenvalue weighted by Gasteiger charge is 2.13. The van der Waals surface area contributed by atoms with Crippen molar-refractivity contribution in [3.05, 3.63) is 24.4 Å². The molecular weight excluding hydrogens is 205 g/mol. The van der Waals surface area contributed by atoms with Crippen LogP contribution in [-0.2, 0) is 13.6 Å². The number of phosphoric ester groups is 1. The number of likely N-dealkylation sites (N-methyl/N-ethyl adjacent to an activating group) is 1. The van der Waals surface area contributed by atoms with Gasteiger partial charge in [-0.2, -0.15) is 0 Å². The molecule has 1 N–H and O–H groups in total. The highest BCUT2D eigenvalue weighted by atomic mass is 31.2. The normalized spacial score (nSPS) is 15.0. The van der Waals surface area contributed by atoms with Gasteiger partial charge in [0.15, 0.2) is 0 Å². The standard InChI is InChI=1S/C6H9N.C2H7O4P/c1-7-5-3-2-4-6-7;1-5-7(3,4)6-2/h2-5H,6H2,1H3;1-2H3,(H,3,4). The zero-order valence-electron chi connectivity index (χ0n) is 8.58. The molecule has 0 radical (unpaired) electrons. The minimum Gasteiger partial charge on any atom is -0.377 e. The van der Waals surface area contributed by atoms with Crippen LogP contribution in [0.1, 0.15) is 0 Å². The maximum absolute atomic E-state index is 10.1. The van der Waals surface area contributed by atoms with Crippen LogP contribution in [0.25, 0.3) is 0 Å². The smallest absolute Gasteiger partial charge is 0.377 e. The highest BCUT2D eigenvalue weighted by Crippen LogP contribution is 2.40. The van der Waals surface area contributed by atoms with Crippen LogP contribution in [0.2, 0.25) is 0 Å². The fourth-order valence-corrected chi connectivity index (χ4v) is 0.787. The van der Waals surface area contributed by atoms with Crippen LogP contribution in [0, 0.1) is 0 Å².